The minimum absolute atomic E-state index is 0.0668. The van der Waals surface area contributed by atoms with Gasteiger partial charge in [-0.1, -0.05) is 32.1 Å². The monoisotopic (exact) mass is 512 g/mol. The van der Waals surface area contributed by atoms with E-state index < -0.39 is 76.3 Å². The lowest BCUT2D eigenvalue weighted by molar-refractivity contribution is -0.286. The fourth-order valence-corrected chi connectivity index (χ4v) is 6.85. The number of esters is 3. The third-order valence-corrected chi connectivity index (χ3v) is 8.95. The van der Waals surface area contributed by atoms with Crippen LogP contribution in [0.3, 0.4) is 0 Å². The molecule has 0 aromatic rings. The van der Waals surface area contributed by atoms with Crippen LogP contribution in [-0.2, 0) is 33.3 Å². The van der Waals surface area contributed by atoms with E-state index in [1.807, 2.05) is 6.08 Å². The Bertz CT molecular complexity index is 989. The zero-order valence-electron chi connectivity index (χ0n) is 20.6. The van der Waals surface area contributed by atoms with Crippen LogP contribution in [0, 0.1) is 11.3 Å². The second kappa shape index (κ2) is 8.57. The normalized spacial score (nSPS) is 46.9. The van der Waals surface area contributed by atoms with Gasteiger partial charge < -0.3 is 29.2 Å². The fraction of sp³-hybridized carbons (Fsp3) is 0.720. The second-order valence-electron chi connectivity index (χ2n) is 10.4. The molecule has 194 valence electrons. The molecular formula is C25H33ClO9. The van der Waals surface area contributed by atoms with Crippen LogP contribution in [0.25, 0.3) is 0 Å². The van der Waals surface area contributed by atoms with E-state index in [2.05, 4.69) is 6.58 Å². The van der Waals surface area contributed by atoms with Crippen LogP contribution in [0.2, 0.25) is 0 Å². The summed E-state index contributed by atoms with van der Waals surface area (Å²) in [6.45, 7) is 11.8. The Morgan fingerprint density at radius 2 is 1.94 bits per heavy atom. The average molecular weight is 513 g/mol. The molecule has 4 aliphatic rings. The third kappa shape index (κ3) is 3.49. The van der Waals surface area contributed by atoms with Crippen molar-refractivity contribution < 1.29 is 43.5 Å². The van der Waals surface area contributed by atoms with Crippen molar-refractivity contribution in [3.63, 3.8) is 0 Å². The fourth-order valence-electron chi connectivity index (χ4n) is 6.47. The molecule has 0 amide bonds. The number of halogens is 1. The Hall–Kier alpha value is -1.94. The first-order valence-electron chi connectivity index (χ1n) is 11.9. The summed E-state index contributed by atoms with van der Waals surface area (Å²) in [5, 5.41) is 22.6. The highest BCUT2D eigenvalue weighted by Gasteiger charge is 2.77. The zero-order chi connectivity index (χ0) is 26.1. The molecule has 10 heteroatoms. The van der Waals surface area contributed by atoms with E-state index in [-0.39, 0.29) is 12.8 Å². The maximum atomic E-state index is 12.8. The van der Waals surface area contributed by atoms with Gasteiger partial charge in [0.05, 0.1) is 23.0 Å². The quantitative estimate of drug-likeness (QED) is 0.252. The second-order valence-corrected chi connectivity index (χ2v) is 10.9. The molecule has 9 nitrogen and oxygen atoms in total. The van der Waals surface area contributed by atoms with Gasteiger partial charge in [-0.2, -0.15) is 0 Å². The van der Waals surface area contributed by atoms with Gasteiger partial charge in [-0.15, -0.1) is 11.6 Å². The number of hydrogen-bond donors (Lipinski definition) is 2. The third-order valence-electron chi connectivity index (χ3n) is 8.44. The molecule has 0 aromatic carbocycles. The predicted octanol–water partition coefficient (Wildman–Crippen LogP) is 1.95. The minimum atomic E-state index is -2.24. The number of carbonyl (C=O) groups excluding carboxylic acids is 3. The first-order valence-corrected chi connectivity index (χ1v) is 12.3. The van der Waals surface area contributed by atoms with E-state index in [9.17, 15) is 24.6 Å². The first-order chi connectivity index (χ1) is 16.2. The molecule has 3 heterocycles. The summed E-state index contributed by atoms with van der Waals surface area (Å²) in [6, 6.07) is 0. The van der Waals surface area contributed by atoms with E-state index in [0.29, 0.717) is 17.6 Å². The average Bonchev–Trinajstić information content (AvgIpc) is 2.98. The molecule has 3 saturated heterocycles. The van der Waals surface area contributed by atoms with E-state index in [1.165, 1.54) is 13.8 Å². The summed E-state index contributed by atoms with van der Waals surface area (Å²) in [6.07, 6.45) is -2.95. The van der Waals surface area contributed by atoms with Crippen molar-refractivity contribution in [1.29, 1.82) is 0 Å². The molecule has 1 aliphatic carbocycles. The van der Waals surface area contributed by atoms with Gasteiger partial charge in [0.15, 0.2) is 17.3 Å². The molecular weight excluding hydrogens is 480 g/mol. The van der Waals surface area contributed by atoms with Crippen molar-refractivity contribution >= 4 is 29.5 Å². The van der Waals surface area contributed by atoms with Crippen LogP contribution in [0.5, 0.6) is 0 Å². The van der Waals surface area contributed by atoms with E-state index in [4.69, 9.17) is 30.5 Å². The Kier molecular flexibility index (Phi) is 6.40. The summed E-state index contributed by atoms with van der Waals surface area (Å²) < 4.78 is 23.5. The molecule has 10 atom stereocenters. The van der Waals surface area contributed by atoms with Crippen LogP contribution in [-0.4, -0.2) is 75.2 Å². The highest BCUT2D eigenvalue weighted by molar-refractivity contribution is 6.23. The molecule has 1 spiro atoms. The van der Waals surface area contributed by atoms with Gasteiger partial charge in [-0.05, 0) is 19.4 Å². The van der Waals surface area contributed by atoms with Gasteiger partial charge in [0.1, 0.15) is 12.2 Å². The number of ether oxygens (including phenoxy) is 4. The zero-order valence-corrected chi connectivity index (χ0v) is 21.3. The lowest BCUT2D eigenvalue weighted by Crippen LogP contribution is -2.75. The number of hydrogen-bond acceptors (Lipinski definition) is 9. The molecule has 0 unspecified atom stereocenters. The maximum absolute atomic E-state index is 12.8. The molecule has 0 saturated carbocycles. The van der Waals surface area contributed by atoms with Gasteiger partial charge >= 0.3 is 17.9 Å². The molecule has 35 heavy (non-hydrogen) atoms. The topological polar surface area (TPSA) is 129 Å². The van der Waals surface area contributed by atoms with Gasteiger partial charge in [0.25, 0.3) is 0 Å². The largest absolute Gasteiger partial charge is 0.461 e. The molecule has 0 aromatic heterocycles. The molecule has 2 N–H and O–H groups in total. The van der Waals surface area contributed by atoms with Crippen molar-refractivity contribution in [2.24, 2.45) is 11.3 Å². The van der Waals surface area contributed by atoms with Crippen LogP contribution >= 0.6 is 11.6 Å². The molecule has 2 bridgehead atoms. The summed E-state index contributed by atoms with van der Waals surface area (Å²) in [5.41, 5.74) is -4.25. The van der Waals surface area contributed by atoms with Crippen molar-refractivity contribution in [2.45, 2.75) is 101 Å². The first kappa shape index (κ1) is 26.1. The lowest BCUT2D eigenvalue weighted by Gasteiger charge is -2.60. The number of alkyl halides is 1. The predicted molar refractivity (Wildman–Crippen MR) is 123 cm³/mol. The molecule has 4 rings (SSSR count). The molecule has 0 radical (unpaired) electrons. The van der Waals surface area contributed by atoms with Crippen LogP contribution < -0.4 is 0 Å². The SMILES string of the molecule is C=C1[C@@H](Cl)[C@H]2OC(=O)[C@](C)(O)[C@@]23O[C@@H]1C[C@@H](OC(=O)CC)[C@]1(C)[C@H](OC(C)=O)CC=C(C)[C@H]1[C@H]3O. The number of aliphatic hydroxyl groups excluding tert-OH is 1. The lowest BCUT2D eigenvalue weighted by atomic mass is 9.54. The van der Waals surface area contributed by atoms with E-state index >= 15 is 0 Å². The Balaban J connectivity index is 1.97. The van der Waals surface area contributed by atoms with Gasteiger partial charge in [-0.3, -0.25) is 9.59 Å². The van der Waals surface area contributed by atoms with E-state index in [0.717, 1.165) is 0 Å². The van der Waals surface area contributed by atoms with Gasteiger partial charge in [-0.25, -0.2) is 4.79 Å². The Morgan fingerprint density at radius 1 is 1.29 bits per heavy atom. The number of aliphatic hydroxyl groups is 2. The minimum Gasteiger partial charge on any atom is -0.461 e. The number of fused-ring (bicyclic) bond motifs is 2. The van der Waals surface area contributed by atoms with Crippen molar-refractivity contribution in [3.8, 4) is 0 Å². The summed E-state index contributed by atoms with van der Waals surface area (Å²) in [7, 11) is 0. The molecule has 3 fully saturated rings. The standard InChI is InChI=1S/C25H33ClO9/c1-7-17(28)33-16-10-14-12(3)19(26)21-25(35-14,24(6,31)22(30)34-21)20(29)18-11(2)8-9-15(23(16,18)5)32-13(4)27/h8,14-16,18-21,29,31H,3,7,9-10H2,1-2,4-6H3/t14-,15-,16-,18+,19-,20-,21-,23+,24+,25+/m1/s1. The molecule has 3 aliphatic heterocycles. The van der Waals surface area contributed by atoms with Gasteiger partial charge in [0, 0.05) is 32.1 Å². The van der Waals surface area contributed by atoms with Crippen LogP contribution in [0.15, 0.2) is 23.8 Å². The van der Waals surface area contributed by atoms with Crippen LogP contribution in [0.4, 0.5) is 0 Å². The van der Waals surface area contributed by atoms with E-state index in [1.54, 1.807) is 20.8 Å². The highest BCUT2D eigenvalue weighted by Crippen LogP contribution is 2.60. The van der Waals surface area contributed by atoms with Crippen molar-refractivity contribution in [1.82, 2.24) is 0 Å². The van der Waals surface area contributed by atoms with Crippen LogP contribution in [0.1, 0.15) is 53.9 Å². The number of carbonyl (C=O) groups is 3. The Labute approximate surface area is 209 Å². The van der Waals surface area contributed by atoms with Crippen molar-refractivity contribution in [2.75, 3.05) is 0 Å². The maximum Gasteiger partial charge on any atom is 0.341 e. The Morgan fingerprint density at radius 3 is 2.54 bits per heavy atom. The van der Waals surface area contributed by atoms with Crippen molar-refractivity contribution in [3.05, 3.63) is 23.8 Å². The summed E-state index contributed by atoms with van der Waals surface area (Å²) >= 11 is 6.70. The highest BCUT2D eigenvalue weighted by atomic mass is 35.5. The summed E-state index contributed by atoms with van der Waals surface area (Å²) in [4.78, 5) is 37.4. The smallest absolute Gasteiger partial charge is 0.341 e. The van der Waals surface area contributed by atoms with Gasteiger partial charge in [0.2, 0.25) is 0 Å². The number of rotatable bonds is 3. The summed E-state index contributed by atoms with van der Waals surface area (Å²) in [5.74, 6) is -2.81.